The fourth-order valence-corrected chi connectivity index (χ4v) is 2.27. The molecule has 98 valence electrons. The van der Waals surface area contributed by atoms with Crippen molar-refractivity contribution >= 4 is 5.91 Å². The van der Waals surface area contributed by atoms with Crippen LogP contribution in [0.5, 0.6) is 0 Å². The second-order valence-electron chi connectivity index (χ2n) is 5.03. The molecule has 1 aromatic rings. The molecule has 1 aliphatic heterocycles. The van der Waals surface area contributed by atoms with Crippen LogP contribution in [0.2, 0.25) is 0 Å². The van der Waals surface area contributed by atoms with Gasteiger partial charge in [0, 0.05) is 6.54 Å². The molecule has 1 heterocycles. The Kier molecular flexibility index (Phi) is 3.97. The number of amides is 1. The van der Waals surface area contributed by atoms with Gasteiger partial charge in [0.25, 0.3) is 0 Å². The van der Waals surface area contributed by atoms with E-state index in [-0.39, 0.29) is 11.7 Å². The maximum Gasteiger partial charge on any atom is 0.240 e. The number of carbonyl (C=O) groups is 1. The third kappa shape index (κ3) is 3.07. The van der Waals surface area contributed by atoms with E-state index in [2.05, 4.69) is 10.6 Å². The topological polar surface area (TPSA) is 41.1 Å². The van der Waals surface area contributed by atoms with Crippen molar-refractivity contribution in [2.45, 2.75) is 38.3 Å². The van der Waals surface area contributed by atoms with E-state index in [1.54, 1.807) is 12.1 Å². The minimum absolute atomic E-state index is 0.00791. The summed E-state index contributed by atoms with van der Waals surface area (Å²) < 4.78 is 13.0. The zero-order valence-electron chi connectivity index (χ0n) is 10.6. The number of hydrogen-bond donors (Lipinski definition) is 2. The summed E-state index contributed by atoms with van der Waals surface area (Å²) >= 11 is 0. The zero-order chi connectivity index (χ0) is 13.0. The van der Waals surface area contributed by atoms with Gasteiger partial charge in [0.2, 0.25) is 5.91 Å². The fraction of sp³-hybridized carbons (Fsp3) is 0.500. The van der Waals surface area contributed by atoms with Crippen LogP contribution in [-0.4, -0.2) is 18.0 Å². The largest absolute Gasteiger partial charge is 0.350 e. The predicted octanol–water partition coefficient (Wildman–Crippen LogP) is 1.97. The van der Waals surface area contributed by atoms with Crippen molar-refractivity contribution in [1.29, 1.82) is 0 Å². The lowest BCUT2D eigenvalue weighted by Crippen LogP contribution is -2.56. The fourth-order valence-electron chi connectivity index (χ4n) is 2.27. The molecule has 2 N–H and O–H groups in total. The van der Waals surface area contributed by atoms with Crippen LogP contribution < -0.4 is 10.6 Å². The van der Waals surface area contributed by atoms with Crippen LogP contribution in [0.25, 0.3) is 0 Å². The van der Waals surface area contributed by atoms with Gasteiger partial charge in [-0.1, -0.05) is 12.1 Å². The van der Waals surface area contributed by atoms with Crippen molar-refractivity contribution in [3.8, 4) is 0 Å². The van der Waals surface area contributed by atoms with E-state index in [4.69, 9.17) is 0 Å². The third-order valence-electron chi connectivity index (χ3n) is 3.46. The van der Waals surface area contributed by atoms with E-state index in [1.165, 1.54) is 12.1 Å². The van der Waals surface area contributed by atoms with Gasteiger partial charge in [-0.3, -0.25) is 4.79 Å². The second kappa shape index (κ2) is 5.48. The monoisotopic (exact) mass is 250 g/mol. The van der Waals surface area contributed by atoms with Crippen molar-refractivity contribution in [3.05, 3.63) is 35.6 Å². The average molecular weight is 250 g/mol. The highest BCUT2D eigenvalue weighted by atomic mass is 19.1. The summed E-state index contributed by atoms with van der Waals surface area (Å²) in [5.41, 5.74) is 0.300. The van der Waals surface area contributed by atoms with E-state index in [0.717, 1.165) is 31.4 Å². The lowest BCUT2D eigenvalue weighted by Gasteiger charge is -2.33. The summed E-state index contributed by atoms with van der Waals surface area (Å²) in [4.78, 5) is 12.1. The SMILES string of the molecule is CC1(C(=O)NCc2cccc(F)c2)CCCCN1. The van der Waals surface area contributed by atoms with Gasteiger partial charge in [0.15, 0.2) is 0 Å². The van der Waals surface area contributed by atoms with Crippen molar-refractivity contribution < 1.29 is 9.18 Å². The third-order valence-corrected chi connectivity index (χ3v) is 3.46. The van der Waals surface area contributed by atoms with E-state index in [1.807, 2.05) is 6.92 Å². The summed E-state index contributed by atoms with van der Waals surface area (Å²) in [7, 11) is 0. The molecule has 0 aromatic heterocycles. The maximum absolute atomic E-state index is 13.0. The lowest BCUT2D eigenvalue weighted by molar-refractivity contribution is -0.128. The molecule has 1 amide bonds. The van der Waals surface area contributed by atoms with E-state index < -0.39 is 5.54 Å². The lowest BCUT2D eigenvalue weighted by atomic mass is 9.90. The summed E-state index contributed by atoms with van der Waals surface area (Å²) in [5.74, 6) is -0.282. The summed E-state index contributed by atoms with van der Waals surface area (Å²) in [6, 6.07) is 6.30. The average Bonchev–Trinajstić information content (AvgIpc) is 2.37. The molecule has 0 saturated carbocycles. The van der Waals surface area contributed by atoms with Gasteiger partial charge in [-0.15, -0.1) is 0 Å². The molecule has 0 aliphatic carbocycles. The van der Waals surface area contributed by atoms with Gasteiger partial charge < -0.3 is 10.6 Å². The molecule has 4 heteroatoms. The highest BCUT2D eigenvalue weighted by molar-refractivity contribution is 5.85. The number of carbonyl (C=O) groups excluding carboxylic acids is 1. The van der Waals surface area contributed by atoms with Crippen LogP contribution in [-0.2, 0) is 11.3 Å². The molecule has 1 fully saturated rings. The molecule has 1 saturated heterocycles. The molecule has 2 rings (SSSR count). The Balaban J connectivity index is 1.91. The summed E-state index contributed by atoms with van der Waals surface area (Å²) in [6.45, 7) is 3.17. The molecule has 0 bridgehead atoms. The van der Waals surface area contributed by atoms with Crippen LogP contribution in [0.15, 0.2) is 24.3 Å². The number of piperidine rings is 1. The first kappa shape index (κ1) is 13.0. The minimum atomic E-state index is -0.481. The first-order valence-corrected chi connectivity index (χ1v) is 6.38. The summed E-state index contributed by atoms with van der Waals surface area (Å²) in [6.07, 6.45) is 3.03. The van der Waals surface area contributed by atoms with Crippen LogP contribution in [0, 0.1) is 5.82 Å². The number of halogens is 1. The number of hydrogen-bond acceptors (Lipinski definition) is 2. The predicted molar refractivity (Wildman–Crippen MR) is 68.5 cm³/mol. The summed E-state index contributed by atoms with van der Waals surface area (Å²) in [5, 5.41) is 6.13. The highest BCUT2D eigenvalue weighted by Crippen LogP contribution is 2.18. The number of nitrogens with one attached hydrogen (secondary N) is 2. The van der Waals surface area contributed by atoms with Crippen molar-refractivity contribution in [3.63, 3.8) is 0 Å². The molecular formula is C14H19FN2O. The van der Waals surface area contributed by atoms with Crippen molar-refractivity contribution in [2.24, 2.45) is 0 Å². The molecule has 1 unspecified atom stereocenters. The number of benzene rings is 1. The van der Waals surface area contributed by atoms with Gasteiger partial charge in [0.1, 0.15) is 5.82 Å². The van der Waals surface area contributed by atoms with E-state index >= 15 is 0 Å². The Labute approximate surface area is 107 Å². The highest BCUT2D eigenvalue weighted by Gasteiger charge is 2.33. The Morgan fingerprint density at radius 2 is 2.33 bits per heavy atom. The quantitative estimate of drug-likeness (QED) is 0.861. The standard InChI is InChI=1S/C14H19FN2O/c1-14(7-2-3-8-17-14)13(18)16-10-11-5-4-6-12(15)9-11/h4-6,9,17H,2-3,7-8,10H2,1H3,(H,16,18). The van der Waals surface area contributed by atoms with Gasteiger partial charge in [-0.05, 0) is 50.4 Å². The second-order valence-corrected chi connectivity index (χ2v) is 5.03. The van der Waals surface area contributed by atoms with Crippen LogP contribution in [0.4, 0.5) is 4.39 Å². The molecule has 0 radical (unpaired) electrons. The molecule has 3 nitrogen and oxygen atoms in total. The van der Waals surface area contributed by atoms with Crippen molar-refractivity contribution in [2.75, 3.05) is 6.54 Å². The van der Waals surface area contributed by atoms with Crippen LogP contribution in [0.1, 0.15) is 31.7 Å². The molecule has 18 heavy (non-hydrogen) atoms. The van der Waals surface area contributed by atoms with E-state index in [0.29, 0.717) is 6.54 Å². The zero-order valence-corrected chi connectivity index (χ0v) is 10.6. The Morgan fingerprint density at radius 3 is 3.00 bits per heavy atom. The molecule has 1 aromatic carbocycles. The molecular weight excluding hydrogens is 231 g/mol. The normalized spacial score (nSPS) is 23.7. The maximum atomic E-state index is 13.0. The van der Waals surface area contributed by atoms with Gasteiger partial charge >= 0.3 is 0 Å². The smallest absolute Gasteiger partial charge is 0.240 e. The van der Waals surface area contributed by atoms with Crippen LogP contribution >= 0.6 is 0 Å². The Bertz CT molecular complexity index is 428. The molecule has 0 spiro atoms. The van der Waals surface area contributed by atoms with Gasteiger partial charge in [0.05, 0.1) is 5.54 Å². The Hall–Kier alpha value is -1.42. The number of rotatable bonds is 3. The first-order chi connectivity index (χ1) is 8.60. The first-order valence-electron chi connectivity index (χ1n) is 6.38. The van der Waals surface area contributed by atoms with Crippen molar-refractivity contribution in [1.82, 2.24) is 10.6 Å². The Morgan fingerprint density at radius 1 is 1.50 bits per heavy atom. The van der Waals surface area contributed by atoms with Gasteiger partial charge in [-0.2, -0.15) is 0 Å². The minimum Gasteiger partial charge on any atom is -0.350 e. The molecule has 1 atom stereocenters. The van der Waals surface area contributed by atoms with Crippen LogP contribution in [0.3, 0.4) is 0 Å². The molecule has 1 aliphatic rings. The van der Waals surface area contributed by atoms with E-state index in [9.17, 15) is 9.18 Å². The van der Waals surface area contributed by atoms with Gasteiger partial charge in [-0.25, -0.2) is 4.39 Å².